The van der Waals surface area contributed by atoms with E-state index >= 15 is 0 Å². The van der Waals surface area contributed by atoms with Crippen LogP contribution in [0.3, 0.4) is 0 Å². The van der Waals surface area contributed by atoms with Gasteiger partial charge in [0.05, 0.1) is 23.1 Å². The lowest BCUT2D eigenvalue weighted by molar-refractivity contribution is -0.163. The summed E-state index contributed by atoms with van der Waals surface area (Å²) in [5, 5.41) is 11.6. The molecule has 1 saturated carbocycles. The Morgan fingerprint density at radius 3 is 2.31 bits per heavy atom. The van der Waals surface area contributed by atoms with E-state index in [-0.39, 0.29) is 29.2 Å². The molecule has 8 heteroatoms. The van der Waals surface area contributed by atoms with E-state index in [9.17, 15) is 19.2 Å². The van der Waals surface area contributed by atoms with E-state index in [4.69, 9.17) is 10.00 Å². The number of carbonyl (C=O) groups is 4. The highest BCUT2D eigenvalue weighted by Gasteiger charge is 2.51. The lowest BCUT2D eigenvalue weighted by atomic mass is 9.81. The molecule has 2 fully saturated rings. The van der Waals surface area contributed by atoms with Gasteiger partial charge in [0.1, 0.15) is 12.1 Å². The molecule has 1 aliphatic heterocycles. The molecule has 0 bridgehead atoms. The minimum atomic E-state index is -1.16. The van der Waals surface area contributed by atoms with Crippen molar-refractivity contribution < 1.29 is 23.9 Å². The van der Waals surface area contributed by atoms with Crippen LogP contribution >= 0.6 is 0 Å². The smallest absolute Gasteiger partial charge is 0.329 e. The number of imide groups is 1. The van der Waals surface area contributed by atoms with E-state index in [0.29, 0.717) is 18.5 Å². The number of nitrogens with one attached hydrogen (secondary N) is 1. The molecule has 1 heterocycles. The molecule has 8 nitrogen and oxygen atoms in total. The molecule has 1 aliphatic carbocycles. The third-order valence-electron chi connectivity index (χ3n) is 5.57. The van der Waals surface area contributed by atoms with Gasteiger partial charge in [-0.3, -0.25) is 19.3 Å². The summed E-state index contributed by atoms with van der Waals surface area (Å²) in [5.41, 5.74) is 0.591. The standard InChI is InChI=1S/C21H23N3O5/c1-12(24-19(26)15-8-4-5-9-16(15)20(24)27)21(28)29-13(2)18(25)23-17-10-6-3-7-14(17)11-22/h3,6-7,10,12-13,15-16H,4-5,8-9H2,1-2H3,(H,23,25)/t12-,13-,15-,16+/m0/s1. The number of nitriles is 1. The van der Waals surface area contributed by atoms with Crippen molar-refractivity contribution in [3.8, 4) is 6.07 Å². The molecule has 3 rings (SSSR count). The zero-order valence-corrected chi connectivity index (χ0v) is 16.4. The van der Waals surface area contributed by atoms with Crippen molar-refractivity contribution >= 4 is 29.4 Å². The van der Waals surface area contributed by atoms with Gasteiger partial charge in [-0.2, -0.15) is 5.26 Å². The number of likely N-dealkylation sites (tertiary alicyclic amines) is 1. The summed E-state index contributed by atoms with van der Waals surface area (Å²) < 4.78 is 5.20. The lowest BCUT2D eigenvalue weighted by Gasteiger charge is -2.23. The van der Waals surface area contributed by atoms with E-state index < -0.39 is 24.0 Å². The van der Waals surface area contributed by atoms with Gasteiger partial charge in [-0.05, 0) is 38.8 Å². The van der Waals surface area contributed by atoms with Gasteiger partial charge >= 0.3 is 5.97 Å². The molecule has 2 aliphatic rings. The molecule has 3 amide bonds. The molecular formula is C21H23N3O5. The average Bonchev–Trinajstić information content (AvgIpc) is 2.98. The second kappa shape index (κ2) is 8.43. The summed E-state index contributed by atoms with van der Waals surface area (Å²) in [5.74, 6) is -2.79. The Bertz CT molecular complexity index is 867. The molecule has 1 N–H and O–H groups in total. The summed E-state index contributed by atoms with van der Waals surface area (Å²) in [4.78, 5) is 51.1. The number of anilines is 1. The fourth-order valence-corrected chi connectivity index (χ4v) is 3.93. The summed E-state index contributed by atoms with van der Waals surface area (Å²) in [6.45, 7) is 2.83. The monoisotopic (exact) mass is 397 g/mol. The highest BCUT2D eigenvalue weighted by atomic mass is 16.5. The highest BCUT2D eigenvalue weighted by molar-refractivity contribution is 6.08. The zero-order chi connectivity index (χ0) is 21.1. The summed E-state index contributed by atoms with van der Waals surface area (Å²) in [7, 11) is 0. The Morgan fingerprint density at radius 2 is 1.72 bits per heavy atom. The number of esters is 1. The van der Waals surface area contributed by atoms with Gasteiger partial charge in [0.15, 0.2) is 6.10 Å². The maximum absolute atomic E-state index is 12.6. The molecule has 4 atom stereocenters. The normalized spacial score (nSPS) is 23.0. The molecule has 0 radical (unpaired) electrons. The Kier molecular flexibility index (Phi) is 5.97. The fourth-order valence-electron chi connectivity index (χ4n) is 3.93. The van der Waals surface area contributed by atoms with Gasteiger partial charge in [0.25, 0.3) is 5.91 Å². The number of ether oxygens (including phenoxy) is 1. The number of carbonyl (C=O) groups excluding carboxylic acids is 4. The van der Waals surface area contributed by atoms with Crippen molar-refractivity contribution in [3.63, 3.8) is 0 Å². The van der Waals surface area contributed by atoms with E-state index in [2.05, 4.69) is 5.32 Å². The maximum Gasteiger partial charge on any atom is 0.329 e. The highest BCUT2D eigenvalue weighted by Crippen LogP contribution is 2.38. The molecule has 152 valence electrons. The first kappa shape index (κ1) is 20.5. The summed E-state index contributed by atoms with van der Waals surface area (Å²) >= 11 is 0. The number of benzene rings is 1. The van der Waals surface area contributed by atoms with Crippen LogP contribution in [0.1, 0.15) is 45.1 Å². The van der Waals surface area contributed by atoms with Gasteiger partial charge in [-0.15, -0.1) is 0 Å². The largest absolute Gasteiger partial charge is 0.451 e. The fraction of sp³-hybridized carbons (Fsp3) is 0.476. The Hall–Kier alpha value is -3.21. The average molecular weight is 397 g/mol. The first-order valence-electron chi connectivity index (χ1n) is 9.72. The van der Waals surface area contributed by atoms with Crippen molar-refractivity contribution in [1.82, 2.24) is 4.90 Å². The first-order valence-corrected chi connectivity index (χ1v) is 9.72. The van der Waals surface area contributed by atoms with Crippen molar-refractivity contribution in [2.75, 3.05) is 5.32 Å². The SMILES string of the molecule is C[C@H](OC(=O)[C@H](C)N1C(=O)[C@H]2CCCC[C@H]2C1=O)C(=O)Nc1ccccc1C#N. The van der Waals surface area contributed by atoms with Gasteiger partial charge < -0.3 is 10.1 Å². The zero-order valence-electron chi connectivity index (χ0n) is 16.4. The van der Waals surface area contributed by atoms with Gasteiger partial charge in [0.2, 0.25) is 11.8 Å². The van der Waals surface area contributed by atoms with Crippen LogP contribution in [-0.4, -0.2) is 40.7 Å². The van der Waals surface area contributed by atoms with E-state index in [1.165, 1.54) is 13.8 Å². The second-order valence-corrected chi connectivity index (χ2v) is 7.45. The topological polar surface area (TPSA) is 117 Å². The van der Waals surface area contributed by atoms with Crippen molar-refractivity contribution in [2.45, 2.75) is 51.7 Å². The van der Waals surface area contributed by atoms with Crippen LogP contribution in [-0.2, 0) is 23.9 Å². The Morgan fingerprint density at radius 1 is 1.14 bits per heavy atom. The number of para-hydroxylation sites is 1. The van der Waals surface area contributed by atoms with Crippen molar-refractivity contribution in [2.24, 2.45) is 11.8 Å². The number of fused-ring (bicyclic) bond motifs is 1. The van der Waals surface area contributed by atoms with Gasteiger partial charge in [-0.25, -0.2) is 4.79 Å². The predicted octanol–water partition coefficient (Wildman–Crippen LogP) is 1.99. The van der Waals surface area contributed by atoms with E-state index in [1.54, 1.807) is 24.3 Å². The molecule has 0 aromatic heterocycles. The van der Waals surface area contributed by atoms with Crippen LogP contribution in [0.15, 0.2) is 24.3 Å². The quantitative estimate of drug-likeness (QED) is 0.600. The second-order valence-electron chi connectivity index (χ2n) is 7.45. The number of hydrogen-bond acceptors (Lipinski definition) is 6. The number of nitrogens with zero attached hydrogens (tertiary/aromatic N) is 2. The maximum atomic E-state index is 12.6. The van der Waals surface area contributed by atoms with Crippen LogP contribution in [0.5, 0.6) is 0 Å². The third-order valence-corrected chi connectivity index (χ3v) is 5.57. The molecule has 0 unspecified atom stereocenters. The molecule has 1 aromatic rings. The molecule has 0 spiro atoms. The lowest BCUT2D eigenvalue weighted by Crippen LogP contribution is -2.46. The molecule has 29 heavy (non-hydrogen) atoms. The third kappa shape index (κ3) is 3.99. The summed E-state index contributed by atoms with van der Waals surface area (Å²) in [6.07, 6.45) is 1.95. The minimum Gasteiger partial charge on any atom is -0.451 e. The number of hydrogen-bond donors (Lipinski definition) is 1. The first-order chi connectivity index (χ1) is 13.8. The van der Waals surface area contributed by atoms with E-state index in [1.807, 2.05) is 6.07 Å². The summed E-state index contributed by atoms with van der Waals surface area (Å²) in [6, 6.07) is 7.32. The Labute approximate surface area is 168 Å². The molecule has 1 saturated heterocycles. The van der Waals surface area contributed by atoms with Crippen molar-refractivity contribution in [1.29, 1.82) is 5.26 Å². The van der Waals surface area contributed by atoms with Gasteiger partial charge in [-0.1, -0.05) is 25.0 Å². The minimum absolute atomic E-state index is 0.281. The number of amides is 3. The molecular weight excluding hydrogens is 374 g/mol. The Balaban J connectivity index is 1.63. The van der Waals surface area contributed by atoms with E-state index in [0.717, 1.165) is 17.7 Å². The van der Waals surface area contributed by atoms with Crippen LogP contribution in [0, 0.1) is 23.2 Å². The predicted molar refractivity (Wildman–Crippen MR) is 102 cm³/mol. The number of rotatable bonds is 5. The molecule has 1 aromatic carbocycles. The van der Waals surface area contributed by atoms with Crippen LogP contribution < -0.4 is 5.32 Å². The van der Waals surface area contributed by atoms with Crippen LogP contribution in [0.4, 0.5) is 5.69 Å². The van der Waals surface area contributed by atoms with Crippen LogP contribution in [0.25, 0.3) is 0 Å². The van der Waals surface area contributed by atoms with Crippen molar-refractivity contribution in [3.05, 3.63) is 29.8 Å². The van der Waals surface area contributed by atoms with Crippen LogP contribution in [0.2, 0.25) is 0 Å². The van der Waals surface area contributed by atoms with Gasteiger partial charge in [0, 0.05) is 0 Å².